The van der Waals surface area contributed by atoms with Crippen LogP contribution in [0.25, 0.3) is 33.1 Å². The van der Waals surface area contributed by atoms with Gasteiger partial charge < -0.3 is 15.0 Å². The molecule has 4 saturated heterocycles. The van der Waals surface area contributed by atoms with Crippen molar-refractivity contribution in [3.63, 3.8) is 0 Å². The zero-order valence-corrected chi connectivity index (χ0v) is 22.2. The molecule has 202 valence electrons. The number of piperazine rings is 1. The van der Waals surface area contributed by atoms with Gasteiger partial charge in [-0.3, -0.25) is 15.0 Å². The molecule has 1 aromatic carbocycles. The Balaban J connectivity index is 1.25. The van der Waals surface area contributed by atoms with E-state index in [2.05, 4.69) is 30.3 Å². The van der Waals surface area contributed by atoms with Gasteiger partial charge in [-0.25, -0.2) is 4.39 Å². The molecule has 4 aromatic rings. The molecule has 2 unspecified atom stereocenters. The fourth-order valence-electron chi connectivity index (χ4n) is 7.57. The van der Waals surface area contributed by atoms with Crippen LogP contribution < -0.4 is 15.0 Å². The fraction of sp³-hybridized carbons (Fsp3) is 0.517. The van der Waals surface area contributed by atoms with Gasteiger partial charge in [0.05, 0.1) is 22.6 Å². The molecule has 39 heavy (non-hydrogen) atoms. The predicted molar refractivity (Wildman–Crippen MR) is 148 cm³/mol. The number of nitrogens with zero attached hydrogens (tertiary/aromatic N) is 6. The van der Waals surface area contributed by atoms with Gasteiger partial charge in [0.1, 0.15) is 23.6 Å². The first-order valence-corrected chi connectivity index (χ1v) is 14.3. The molecule has 0 aliphatic carbocycles. The first kappa shape index (κ1) is 23.5. The highest BCUT2D eigenvalue weighted by molar-refractivity contribution is 5.98. The minimum Gasteiger partial charge on any atom is -0.461 e. The monoisotopic (exact) mass is 528 g/mol. The van der Waals surface area contributed by atoms with Gasteiger partial charge in [-0.2, -0.15) is 15.1 Å². The van der Waals surface area contributed by atoms with Gasteiger partial charge in [0.25, 0.3) is 0 Å². The third-order valence-electron chi connectivity index (χ3n) is 9.51. The normalized spacial score (nSPS) is 24.2. The number of aromatic amines is 1. The lowest BCUT2D eigenvalue weighted by atomic mass is 9.95. The number of nitrogens with one attached hydrogen (secondary N) is 2. The van der Waals surface area contributed by atoms with Crippen LogP contribution in [0.15, 0.2) is 24.5 Å². The molecule has 0 amide bonds. The van der Waals surface area contributed by atoms with Crippen LogP contribution in [-0.2, 0) is 0 Å². The summed E-state index contributed by atoms with van der Waals surface area (Å²) in [6, 6.07) is 5.01. The summed E-state index contributed by atoms with van der Waals surface area (Å²) >= 11 is 0. The summed E-state index contributed by atoms with van der Waals surface area (Å²) < 4.78 is 22.9. The number of rotatable bonds is 5. The largest absolute Gasteiger partial charge is 0.461 e. The molecular formula is C29H33FN8O. The minimum absolute atomic E-state index is 0.0582. The second kappa shape index (κ2) is 8.82. The maximum Gasteiger partial charge on any atom is 0.319 e. The number of hydrogen-bond acceptors (Lipinski definition) is 8. The van der Waals surface area contributed by atoms with Crippen molar-refractivity contribution in [3.8, 4) is 17.3 Å². The van der Waals surface area contributed by atoms with Crippen molar-refractivity contribution in [2.45, 2.75) is 63.1 Å². The van der Waals surface area contributed by atoms with E-state index in [0.717, 1.165) is 79.7 Å². The number of ether oxygens (including phenoxy) is 1. The van der Waals surface area contributed by atoms with Crippen molar-refractivity contribution in [1.82, 2.24) is 35.4 Å². The molecule has 10 heteroatoms. The van der Waals surface area contributed by atoms with E-state index in [9.17, 15) is 0 Å². The minimum atomic E-state index is -0.447. The van der Waals surface area contributed by atoms with Gasteiger partial charge in [0, 0.05) is 42.3 Å². The molecule has 2 atom stereocenters. The summed E-state index contributed by atoms with van der Waals surface area (Å²) in [6.07, 6.45) is 10.4. The van der Waals surface area contributed by atoms with E-state index < -0.39 is 5.82 Å². The summed E-state index contributed by atoms with van der Waals surface area (Å²) in [6.45, 7) is 6.42. The molecule has 4 aliphatic rings. The Labute approximate surface area is 226 Å². The molecule has 8 rings (SSSR count). The first-order valence-electron chi connectivity index (χ1n) is 14.3. The molecule has 2 bridgehead atoms. The van der Waals surface area contributed by atoms with Crippen LogP contribution in [0.5, 0.6) is 6.01 Å². The van der Waals surface area contributed by atoms with Crippen molar-refractivity contribution >= 4 is 27.6 Å². The highest BCUT2D eigenvalue weighted by Crippen LogP contribution is 2.40. The van der Waals surface area contributed by atoms with Crippen molar-refractivity contribution in [1.29, 1.82) is 0 Å². The average Bonchev–Trinajstić information content (AvgIpc) is 3.72. The Morgan fingerprint density at radius 1 is 1.05 bits per heavy atom. The number of hydrogen-bond donors (Lipinski definition) is 2. The summed E-state index contributed by atoms with van der Waals surface area (Å²) in [5.74, 6) is 0.272. The van der Waals surface area contributed by atoms with Gasteiger partial charge >= 0.3 is 6.01 Å². The van der Waals surface area contributed by atoms with Gasteiger partial charge in [-0.05, 0) is 70.2 Å². The maximum atomic E-state index is 16.5. The Kier molecular flexibility index (Phi) is 5.32. The van der Waals surface area contributed by atoms with Gasteiger partial charge in [0.15, 0.2) is 5.82 Å². The zero-order valence-electron chi connectivity index (χ0n) is 22.2. The third-order valence-corrected chi connectivity index (χ3v) is 9.51. The van der Waals surface area contributed by atoms with Crippen molar-refractivity contribution in [2.24, 2.45) is 0 Å². The predicted octanol–water partition coefficient (Wildman–Crippen LogP) is 3.96. The lowest BCUT2D eigenvalue weighted by molar-refractivity contribution is 0.108. The lowest BCUT2D eigenvalue weighted by Crippen LogP contribution is -2.51. The van der Waals surface area contributed by atoms with Crippen LogP contribution >= 0.6 is 0 Å². The van der Waals surface area contributed by atoms with Crippen LogP contribution in [0.3, 0.4) is 0 Å². The van der Waals surface area contributed by atoms with Crippen LogP contribution in [0.4, 0.5) is 10.2 Å². The quantitative estimate of drug-likeness (QED) is 0.402. The van der Waals surface area contributed by atoms with E-state index in [-0.39, 0.29) is 22.8 Å². The van der Waals surface area contributed by atoms with Crippen molar-refractivity contribution in [3.05, 3.63) is 35.9 Å². The molecule has 4 fully saturated rings. The van der Waals surface area contributed by atoms with E-state index in [1.54, 1.807) is 12.4 Å². The standard InChI is InChI=1S/C29H33FN8O/c1-17-4-7-22-20(13-32-36-22)23(17)26-24(30)25-21(12-31-26)27(37-14-18-5-6-19(15-37)33-18)35-28(34-25)39-16-29-8-2-10-38(29)11-3-9-29/h4,7,12-13,18-19,33H,2-3,5-6,8-11,14-16H2,1H3,(H,32,36). The van der Waals surface area contributed by atoms with Crippen molar-refractivity contribution < 1.29 is 9.13 Å². The Hall–Kier alpha value is -3.37. The van der Waals surface area contributed by atoms with Crippen LogP contribution in [0, 0.1) is 12.7 Å². The summed E-state index contributed by atoms with van der Waals surface area (Å²) in [5, 5.41) is 12.3. The molecule has 9 nitrogen and oxygen atoms in total. The third kappa shape index (κ3) is 3.71. The van der Waals surface area contributed by atoms with Gasteiger partial charge in [-0.15, -0.1) is 0 Å². The number of halogens is 1. The van der Waals surface area contributed by atoms with E-state index in [4.69, 9.17) is 14.7 Å². The summed E-state index contributed by atoms with van der Waals surface area (Å²) in [7, 11) is 0. The number of aryl methyl sites for hydroxylation is 1. The van der Waals surface area contributed by atoms with Gasteiger partial charge in [-0.1, -0.05) is 6.07 Å². The topological polar surface area (TPSA) is 95.1 Å². The average molecular weight is 529 g/mol. The summed E-state index contributed by atoms with van der Waals surface area (Å²) in [5.41, 5.74) is 3.10. The Morgan fingerprint density at radius 2 is 1.85 bits per heavy atom. The number of H-pyrrole nitrogens is 1. The van der Waals surface area contributed by atoms with Gasteiger partial charge in [0.2, 0.25) is 0 Å². The Morgan fingerprint density at radius 3 is 2.64 bits per heavy atom. The highest BCUT2D eigenvalue weighted by Gasteiger charge is 2.45. The molecule has 0 spiro atoms. The smallest absolute Gasteiger partial charge is 0.319 e. The first-order chi connectivity index (χ1) is 19.1. The number of pyridine rings is 1. The van der Waals surface area contributed by atoms with Crippen LogP contribution in [0.1, 0.15) is 44.1 Å². The lowest BCUT2D eigenvalue weighted by Gasteiger charge is -2.34. The molecule has 0 radical (unpaired) electrons. The molecule has 0 saturated carbocycles. The van der Waals surface area contributed by atoms with E-state index in [1.807, 2.05) is 19.1 Å². The number of aromatic nitrogens is 5. The zero-order chi connectivity index (χ0) is 26.1. The molecule has 7 heterocycles. The second-order valence-electron chi connectivity index (χ2n) is 11.9. The SMILES string of the molecule is Cc1ccc2[nH]ncc2c1-c1ncc2c(N3CC4CCC(C3)N4)nc(OCC34CCCN3CCC4)nc2c1F. The number of fused-ring (bicyclic) bond motifs is 5. The van der Waals surface area contributed by atoms with Crippen LogP contribution in [-0.4, -0.2) is 80.5 Å². The summed E-state index contributed by atoms with van der Waals surface area (Å²) in [4.78, 5) is 19.1. The second-order valence-corrected chi connectivity index (χ2v) is 11.9. The van der Waals surface area contributed by atoms with E-state index in [1.165, 1.54) is 12.8 Å². The van der Waals surface area contributed by atoms with E-state index >= 15 is 4.39 Å². The molecule has 3 aromatic heterocycles. The van der Waals surface area contributed by atoms with Crippen molar-refractivity contribution in [2.75, 3.05) is 37.7 Å². The number of benzene rings is 1. The van der Waals surface area contributed by atoms with E-state index in [0.29, 0.717) is 24.1 Å². The Bertz CT molecular complexity index is 1560. The molecule has 4 aliphatic heterocycles. The highest BCUT2D eigenvalue weighted by atomic mass is 19.1. The molecular weight excluding hydrogens is 495 g/mol. The fourth-order valence-corrected chi connectivity index (χ4v) is 7.57. The maximum absolute atomic E-state index is 16.5. The molecule has 2 N–H and O–H groups in total. The van der Waals surface area contributed by atoms with Crippen LogP contribution in [0.2, 0.25) is 0 Å². The number of anilines is 1.